The number of hydrogen-bond acceptors (Lipinski definition) is 4. The van der Waals surface area contributed by atoms with Crippen LogP contribution in [0, 0.1) is 0 Å². The van der Waals surface area contributed by atoms with Crippen molar-refractivity contribution in [3.8, 4) is 5.82 Å². The molecule has 5 heterocycles. The molecule has 5 nitrogen and oxygen atoms in total. The SMILES string of the molecule is C1=C(c2cccc(-n3c4ccccc4c4cnccc43)n2)NC(c2ccccn2)C=C1c1cc2ccccc2c2ccccc12. The Morgan fingerprint density at radius 2 is 1.40 bits per heavy atom. The summed E-state index contributed by atoms with van der Waals surface area (Å²) in [6.45, 7) is 0. The van der Waals surface area contributed by atoms with Crippen LogP contribution in [0.15, 0.2) is 152 Å². The van der Waals surface area contributed by atoms with Crippen molar-refractivity contribution < 1.29 is 0 Å². The highest BCUT2D eigenvalue weighted by Crippen LogP contribution is 2.38. The third-order valence-corrected chi connectivity index (χ3v) is 8.76. The Morgan fingerprint density at radius 1 is 0.622 bits per heavy atom. The van der Waals surface area contributed by atoms with Gasteiger partial charge in [0, 0.05) is 29.4 Å². The minimum atomic E-state index is -0.129. The number of fused-ring (bicyclic) bond motifs is 6. The largest absolute Gasteiger partial charge is 0.371 e. The van der Waals surface area contributed by atoms with E-state index in [-0.39, 0.29) is 6.04 Å². The second-order valence-corrected chi connectivity index (χ2v) is 11.4. The lowest BCUT2D eigenvalue weighted by molar-refractivity contribution is 0.736. The van der Waals surface area contributed by atoms with Crippen molar-refractivity contribution in [2.45, 2.75) is 6.04 Å². The molecule has 0 spiro atoms. The van der Waals surface area contributed by atoms with Gasteiger partial charge in [-0.2, -0.15) is 0 Å². The van der Waals surface area contributed by atoms with Gasteiger partial charge in [0.15, 0.2) is 0 Å². The molecule has 9 rings (SSSR count). The lowest BCUT2D eigenvalue weighted by atomic mass is 9.90. The molecule has 1 N–H and O–H groups in total. The molecular weight excluding hydrogens is 550 g/mol. The van der Waals surface area contributed by atoms with Crippen LogP contribution in [0.5, 0.6) is 0 Å². The van der Waals surface area contributed by atoms with E-state index >= 15 is 0 Å². The number of rotatable bonds is 4. The van der Waals surface area contributed by atoms with Crippen LogP contribution >= 0.6 is 0 Å². The molecular formula is C40H27N5. The minimum Gasteiger partial charge on any atom is -0.371 e. The Morgan fingerprint density at radius 3 is 2.29 bits per heavy atom. The monoisotopic (exact) mass is 577 g/mol. The lowest BCUT2D eigenvalue weighted by Crippen LogP contribution is -2.23. The van der Waals surface area contributed by atoms with E-state index in [9.17, 15) is 0 Å². The highest BCUT2D eigenvalue weighted by Gasteiger charge is 2.22. The molecule has 5 heteroatoms. The van der Waals surface area contributed by atoms with Gasteiger partial charge in [0.25, 0.3) is 0 Å². The van der Waals surface area contributed by atoms with Crippen LogP contribution < -0.4 is 5.32 Å². The Labute approximate surface area is 259 Å². The van der Waals surface area contributed by atoms with Gasteiger partial charge in [0.2, 0.25) is 0 Å². The molecule has 1 atom stereocenters. The summed E-state index contributed by atoms with van der Waals surface area (Å²) in [6.07, 6.45) is 10.1. The first-order valence-corrected chi connectivity index (χ1v) is 15.1. The van der Waals surface area contributed by atoms with E-state index in [0.29, 0.717) is 0 Å². The second-order valence-electron chi connectivity index (χ2n) is 11.4. The van der Waals surface area contributed by atoms with Crippen LogP contribution in [0.1, 0.15) is 23.0 Å². The first-order valence-electron chi connectivity index (χ1n) is 15.1. The van der Waals surface area contributed by atoms with Crippen molar-refractivity contribution in [1.82, 2.24) is 24.8 Å². The number of dihydropyridines is 1. The predicted molar refractivity (Wildman–Crippen MR) is 184 cm³/mol. The Bertz CT molecular complexity index is 2420. The van der Waals surface area contributed by atoms with Gasteiger partial charge in [0.1, 0.15) is 5.82 Å². The maximum Gasteiger partial charge on any atom is 0.138 e. The summed E-state index contributed by atoms with van der Waals surface area (Å²) in [5.74, 6) is 0.856. The molecule has 0 aliphatic carbocycles. The van der Waals surface area contributed by atoms with Gasteiger partial charge in [-0.05, 0) is 87.3 Å². The Balaban J connectivity index is 1.24. The topological polar surface area (TPSA) is 55.6 Å². The van der Waals surface area contributed by atoms with E-state index in [0.717, 1.165) is 50.3 Å². The zero-order valence-corrected chi connectivity index (χ0v) is 24.3. The average Bonchev–Trinajstić information content (AvgIpc) is 3.46. The summed E-state index contributed by atoms with van der Waals surface area (Å²) in [5, 5.41) is 11.0. The Hall–Kier alpha value is -6.07. The zero-order valence-electron chi connectivity index (χ0n) is 24.3. The van der Waals surface area contributed by atoms with Crippen LogP contribution in [0.3, 0.4) is 0 Å². The maximum absolute atomic E-state index is 5.27. The molecule has 4 aromatic carbocycles. The molecule has 0 bridgehead atoms. The van der Waals surface area contributed by atoms with Crippen molar-refractivity contribution in [1.29, 1.82) is 0 Å². The van der Waals surface area contributed by atoms with E-state index < -0.39 is 0 Å². The molecule has 0 amide bonds. The van der Waals surface area contributed by atoms with Gasteiger partial charge in [-0.1, -0.05) is 78.9 Å². The van der Waals surface area contributed by atoms with Crippen molar-refractivity contribution >= 4 is 54.6 Å². The highest BCUT2D eigenvalue weighted by atomic mass is 15.1. The van der Waals surface area contributed by atoms with Crippen LogP contribution in [0.25, 0.3) is 60.4 Å². The van der Waals surface area contributed by atoms with Crippen LogP contribution in [0.2, 0.25) is 0 Å². The number of nitrogens with zero attached hydrogens (tertiary/aromatic N) is 4. The van der Waals surface area contributed by atoms with Crippen LogP contribution in [-0.4, -0.2) is 19.5 Å². The maximum atomic E-state index is 5.27. The van der Waals surface area contributed by atoms with Gasteiger partial charge in [-0.3, -0.25) is 14.5 Å². The van der Waals surface area contributed by atoms with Gasteiger partial charge in [-0.15, -0.1) is 0 Å². The standard InChI is InChI=1S/C40H27N5/c1-2-11-28-26(10-1)22-32(30-13-4-3-12-29(28)30)27-23-36(34-15-7-8-20-42-34)43-37(24-27)35-16-9-18-40(44-35)45-38-17-6-5-14-31(38)33-25-41-21-19-39(33)45/h1-25,36,43H. The van der Waals surface area contributed by atoms with Crippen molar-refractivity contribution in [3.63, 3.8) is 0 Å². The normalized spacial score (nSPS) is 14.9. The molecule has 1 aliphatic rings. The molecule has 45 heavy (non-hydrogen) atoms. The van der Waals surface area contributed by atoms with E-state index in [1.807, 2.05) is 30.7 Å². The smallest absolute Gasteiger partial charge is 0.138 e. The number of nitrogens with one attached hydrogen (secondary N) is 1. The summed E-state index contributed by atoms with van der Waals surface area (Å²) < 4.78 is 2.23. The Kier molecular flexibility index (Phi) is 5.81. The first kappa shape index (κ1) is 25.4. The molecule has 4 aromatic heterocycles. The van der Waals surface area contributed by atoms with Gasteiger partial charge in [-0.25, -0.2) is 4.98 Å². The van der Waals surface area contributed by atoms with E-state index in [4.69, 9.17) is 9.97 Å². The van der Waals surface area contributed by atoms with E-state index in [1.54, 1.807) is 0 Å². The van der Waals surface area contributed by atoms with Crippen molar-refractivity contribution in [3.05, 3.63) is 169 Å². The fourth-order valence-electron chi connectivity index (χ4n) is 6.72. The van der Waals surface area contributed by atoms with Crippen molar-refractivity contribution in [2.24, 2.45) is 0 Å². The number of pyridine rings is 3. The molecule has 0 radical (unpaired) electrons. The van der Waals surface area contributed by atoms with E-state index in [2.05, 4.69) is 136 Å². The molecule has 8 aromatic rings. The summed E-state index contributed by atoms with van der Waals surface area (Å²) in [5.41, 5.74) is 7.28. The lowest BCUT2D eigenvalue weighted by Gasteiger charge is -2.25. The summed E-state index contributed by atoms with van der Waals surface area (Å²) in [4.78, 5) is 14.4. The molecule has 0 saturated carbocycles. The third-order valence-electron chi connectivity index (χ3n) is 8.76. The molecule has 1 aliphatic heterocycles. The number of para-hydroxylation sites is 1. The van der Waals surface area contributed by atoms with Crippen molar-refractivity contribution in [2.75, 3.05) is 0 Å². The molecule has 212 valence electrons. The number of hydrogen-bond donors (Lipinski definition) is 1. The van der Waals surface area contributed by atoms with Gasteiger partial charge >= 0.3 is 0 Å². The van der Waals surface area contributed by atoms with Crippen LogP contribution in [-0.2, 0) is 0 Å². The molecule has 0 saturated heterocycles. The third kappa shape index (κ3) is 4.20. The first-order chi connectivity index (χ1) is 22.3. The van der Waals surface area contributed by atoms with Crippen LogP contribution in [0.4, 0.5) is 0 Å². The summed E-state index contributed by atoms with van der Waals surface area (Å²) >= 11 is 0. The number of benzene rings is 4. The minimum absolute atomic E-state index is 0.129. The highest BCUT2D eigenvalue weighted by molar-refractivity contribution is 6.13. The predicted octanol–water partition coefficient (Wildman–Crippen LogP) is 9.04. The number of aromatic nitrogens is 4. The molecule has 0 fully saturated rings. The zero-order chi connectivity index (χ0) is 29.7. The fraction of sp³-hybridized carbons (Fsp3) is 0.0250. The summed E-state index contributed by atoms with van der Waals surface area (Å²) in [7, 11) is 0. The quantitative estimate of drug-likeness (QED) is 0.212. The van der Waals surface area contributed by atoms with Gasteiger partial charge < -0.3 is 5.32 Å². The fourth-order valence-corrected chi connectivity index (χ4v) is 6.72. The average molecular weight is 578 g/mol. The second kappa shape index (κ2) is 10.3. The summed E-state index contributed by atoms with van der Waals surface area (Å²) in [6, 6.07) is 42.3. The number of allylic oxidation sites excluding steroid dienone is 2. The molecule has 1 unspecified atom stereocenters. The van der Waals surface area contributed by atoms with E-state index in [1.165, 1.54) is 27.1 Å². The van der Waals surface area contributed by atoms with Gasteiger partial charge in [0.05, 0.1) is 34.2 Å².